The van der Waals surface area contributed by atoms with Crippen molar-refractivity contribution in [3.8, 4) is 11.8 Å². The van der Waals surface area contributed by atoms with Gasteiger partial charge in [0, 0.05) is 18.7 Å². The Morgan fingerprint density at radius 3 is 2.68 bits per heavy atom. The molecule has 25 heavy (non-hydrogen) atoms. The highest BCUT2D eigenvalue weighted by atomic mass is 35.5. The molecule has 1 unspecified atom stereocenters. The first-order chi connectivity index (χ1) is 12.0. The molecule has 1 atom stereocenters. The van der Waals surface area contributed by atoms with Crippen LogP contribution >= 0.6 is 23.2 Å². The fourth-order valence-electron chi connectivity index (χ4n) is 2.20. The van der Waals surface area contributed by atoms with E-state index in [0.717, 1.165) is 12.8 Å². The largest absolute Gasteiger partial charge is 0.396 e. The molecule has 1 aromatic carbocycles. The molecule has 0 saturated heterocycles. The van der Waals surface area contributed by atoms with Gasteiger partial charge < -0.3 is 16.2 Å². The minimum Gasteiger partial charge on any atom is -0.396 e. The van der Waals surface area contributed by atoms with Gasteiger partial charge in [0.15, 0.2) is 5.15 Å². The Hall–Kier alpha value is -2.00. The van der Waals surface area contributed by atoms with Crippen molar-refractivity contribution >= 4 is 35.0 Å². The minimum absolute atomic E-state index is 0.0741. The van der Waals surface area contributed by atoms with Gasteiger partial charge in [-0.3, -0.25) is 0 Å². The number of nitrogens with zero attached hydrogens (tertiary/aromatic N) is 2. The molecule has 0 spiro atoms. The lowest BCUT2D eigenvalue weighted by Gasteiger charge is -2.13. The molecule has 5 nitrogen and oxygen atoms in total. The van der Waals surface area contributed by atoms with E-state index >= 15 is 0 Å². The van der Waals surface area contributed by atoms with Crippen molar-refractivity contribution in [1.29, 1.82) is 0 Å². The Morgan fingerprint density at radius 1 is 1.24 bits per heavy atom. The van der Waals surface area contributed by atoms with Crippen LogP contribution in [0, 0.1) is 17.8 Å². The summed E-state index contributed by atoms with van der Waals surface area (Å²) in [5.41, 5.74) is 6.84. The molecule has 0 aliphatic carbocycles. The number of hydrogen-bond acceptors (Lipinski definition) is 5. The molecule has 4 N–H and O–H groups in total. The average molecular weight is 379 g/mol. The minimum atomic E-state index is 0.0741. The summed E-state index contributed by atoms with van der Waals surface area (Å²) in [5.74, 6) is 6.74. The first-order valence-corrected chi connectivity index (χ1v) is 8.75. The molecular weight excluding hydrogens is 359 g/mol. The fourth-order valence-corrected chi connectivity index (χ4v) is 2.61. The third-order valence-corrected chi connectivity index (χ3v) is 4.36. The molecule has 0 saturated carbocycles. The zero-order valence-corrected chi connectivity index (χ0v) is 15.4. The average Bonchev–Trinajstić information content (AvgIpc) is 2.59. The van der Waals surface area contributed by atoms with Gasteiger partial charge in [0.25, 0.3) is 0 Å². The lowest BCUT2D eigenvalue weighted by Crippen LogP contribution is -2.14. The SMILES string of the molecule is CCC(CO)CCNc1nc(N)nc(Cl)c1C#Cc1ccccc1Cl. The second-order valence-corrected chi connectivity index (χ2v) is 6.26. The molecule has 0 aliphatic heterocycles. The van der Waals surface area contributed by atoms with Gasteiger partial charge in [-0.25, -0.2) is 0 Å². The summed E-state index contributed by atoms with van der Waals surface area (Å²) >= 11 is 12.3. The Morgan fingerprint density at radius 2 is 2.00 bits per heavy atom. The van der Waals surface area contributed by atoms with Gasteiger partial charge in [-0.05, 0) is 24.5 Å². The topological polar surface area (TPSA) is 84.1 Å². The van der Waals surface area contributed by atoms with Gasteiger partial charge in [-0.15, -0.1) is 0 Å². The van der Waals surface area contributed by atoms with Crippen LogP contribution in [0.5, 0.6) is 0 Å². The number of anilines is 2. The Balaban J connectivity index is 2.24. The molecular formula is C18H20Cl2N4O. The monoisotopic (exact) mass is 378 g/mol. The molecule has 0 aliphatic rings. The van der Waals surface area contributed by atoms with Gasteiger partial charge in [-0.2, -0.15) is 9.97 Å². The van der Waals surface area contributed by atoms with Crippen molar-refractivity contribution in [3.05, 3.63) is 45.6 Å². The van der Waals surface area contributed by atoms with Crippen molar-refractivity contribution < 1.29 is 5.11 Å². The number of nitrogens with one attached hydrogen (secondary N) is 1. The molecule has 0 bridgehead atoms. The van der Waals surface area contributed by atoms with E-state index in [2.05, 4.69) is 27.1 Å². The molecule has 2 rings (SSSR count). The first-order valence-electron chi connectivity index (χ1n) is 7.99. The highest BCUT2D eigenvalue weighted by Gasteiger charge is 2.11. The summed E-state index contributed by atoms with van der Waals surface area (Å²) < 4.78 is 0. The lowest BCUT2D eigenvalue weighted by molar-refractivity contribution is 0.217. The molecule has 0 fully saturated rings. The number of halogens is 2. The Kier molecular flexibility index (Phi) is 7.32. The Bertz CT molecular complexity index is 782. The van der Waals surface area contributed by atoms with E-state index in [1.54, 1.807) is 6.07 Å². The predicted octanol–water partition coefficient (Wildman–Crippen LogP) is 3.59. The van der Waals surface area contributed by atoms with Crippen LogP contribution in [0.3, 0.4) is 0 Å². The molecule has 0 radical (unpaired) electrons. The van der Waals surface area contributed by atoms with E-state index in [9.17, 15) is 5.11 Å². The van der Waals surface area contributed by atoms with Crippen molar-refractivity contribution in [2.75, 3.05) is 24.2 Å². The summed E-state index contributed by atoms with van der Waals surface area (Å²) in [6.07, 6.45) is 1.70. The van der Waals surface area contributed by atoms with Crippen LogP contribution in [0.4, 0.5) is 11.8 Å². The van der Waals surface area contributed by atoms with E-state index in [-0.39, 0.29) is 23.6 Å². The smallest absolute Gasteiger partial charge is 0.223 e. The number of aromatic nitrogens is 2. The summed E-state index contributed by atoms with van der Waals surface area (Å²) in [4.78, 5) is 8.15. The van der Waals surface area contributed by atoms with E-state index in [0.29, 0.717) is 28.5 Å². The van der Waals surface area contributed by atoms with Gasteiger partial charge >= 0.3 is 0 Å². The van der Waals surface area contributed by atoms with Crippen molar-refractivity contribution in [1.82, 2.24) is 9.97 Å². The maximum atomic E-state index is 9.27. The third-order valence-electron chi connectivity index (χ3n) is 3.76. The predicted molar refractivity (Wildman–Crippen MR) is 103 cm³/mol. The summed E-state index contributed by atoms with van der Waals surface area (Å²) in [7, 11) is 0. The summed E-state index contributed by atoms with van der Waals surface area (Å²) in [6.45, 7) is 2.82. The van der Waals surface area contributed by atoms with Crippen LogP contribution in [0.1, 0.15) is 30.9 Å². The number of nitrogen functional groups attached to an aromatic ring is 1. The number of aliphatic hydroxyl groups excluding tert-OH is 1. The normalized spacial score (nSPS) is 11.5. The molecule has 0 amide bonds. The zero-order chi connectivity index (χ0) is 18.2. The molecule has 1 heterocycles. The van der Waals surface area contributed by atoms with Crippen molar-refractivity contribution in [3.63, 3.8) is 0 Å². The van der Waals surface area contributed by atoms with Crippen molar-refractivity contribution in [2.24, 2.45) is 5.92 Å². The number of rotatable bonds is 6. The van der Waals surface area contributed by atoms with Crippen LogP contribution in [0.15, 0.2) is 24.3 Å². The third kappa shape index (κ3) is 5.50. The van der Waals surface area contributed by atoms with Gasteiger partial charge in [0.05, 0.1) is 5.02 Å². The van der Waals surface area contributed by atoms with E-state index in [1.165, 1.54) is 0 Å². The van der Waals surface area contributed by atoms with Crippen LogP contribution < -0.4 is 11.1 Å². The second kappa shape index (κ2) is 9.47. The van der Waals surface area contributed by atoms with Crippen LogP contribution in [0.2, 0.25) is 10.2 Å². The van der Waals surface area contributed by atoms with Gasteiger partial charge in [0.2, 0.25) is 5.95 Å². The van der Waals surface area contributed by atoms with Crippen LogP contribution in [-0.4, -0.2) is 28.2 Å². The molecule has 2 aromatic rings. The number of aliphatic hydroxyl groups is 1. The van der Waals surface area contributed by atoms with Gasteiger partial charge in [0.1, 0.15) is 11.4 Å². The van der Waals surface area contributed by atoms with E-state index < -0.39 is 0 Å². The quantitative estimate of drug-likeness (QED) is 0.528. The standard InChI is InChI=1S/C18H20Cl2N4O/c1-2-12(11-25)9-10-22-17-14(16(20)23-18(21)24-17)8-7-13-5-3-4-6-15(13)19/h3-6,12,25H,2,9-11H2,1H3,(H3,21,22,23,24). The maximum Gasteiger partial charge on any atom is 0.223 e. The number of hydrogen-bond donors (Lipinski definition) is 3. The number of nitrogens with two attached hydrogens (primary N) is 1. The highest BCUT2D eigenvalue weighted by molar-refractivity contribution is 6.32. The second-order valence-electron chi connectivity index (χ2n) is 5.50. The zero-order valence-electron chi connectivity index (χ0n) is 13.9. The highest BCUT2D eigenvalue weighted by Crippen LogP contribution is 2.22. The van der Waals surface area contributed by atoms with Crippen LogP contribution in [0.25, 0.3) is 0 Å². The van der Waals surface area contributed by atoms with E-state index in [1.807, 2.05) is 25.1 Å². The van der Waals surface area contributed by atoms with Gasteiger partial charge in [-0.1, -0.05) is 60.5 Å². The van der Waals surface area contributed by atoms with Crippen molar-refractivity contribution in [2.45, 2.75) is 19.8 Å². The molecule has 7 heteroatoms. The lowest BCUT2D eigenvalue weighted by atomic mass is 10.0. The number of benzene rings is 1. The first kappa shape index (κ1) is 19.3. The summed E-state index contributed by atoms with van der Waals surface area (Å²) in [6, 6.07) is 7.29. The molecule has 1 aromatic heterocycles. The molecule has 132 valence electrons. The van der Waals surface area contributed by atoms with Crippen LogP contribution in [-0.2, 0) is 0 Å². The fraction of sp³-hybridized carbons (Fsp3) is 0.333. The van der Waals surface area contributed by atoms with E-state index in [4.69, 9.17) is 28.9 Å². The summed E-state index contributed by atoms with van der Waals surface area (Å²) in [5, 5.41) is 13.2. The Labute approximate surface area is 157 Å². The maximum absolute atomic E-state index is 9.27.